The van der Waals surface area contributed by atoms with Gasteiger partial charge in [0.05, 0.1) is 12.5 Å². The van der Waals surface area contributed by atoms with E-state index in [4.69, 9.17) is 14.2 Å². The van der Waals surface area contributed by atoms with Crippen LogP contribution in [-0.4, -0.2) is 64.0 Å². The van der Waals surface area contributed by atoms with Gasteiger partial charge in [0.1, 0.15) is 18.4 Å². The summed E-state index contributed by atoms with van der Waals surface area (Å²) < 4.78 is 50.4. The Morgan fingerprint density at radius 3 is 2.61 bits per heavy atom. The normalized spacial score (nSPS) is 53.8. The zero-order chi connectivity index (χ0) is 25.7. The van der Waals surface area contributed by atoms with E-state index in [0.717, 1.165) is 19.3 Å². The third-order valence-corrected chi connectivity index (χ3v) is 12.1. The van der Waals surface area contributed by atoms with Crippen molar-refractivity contribution in [3.8, 4) is 0 Å². The van der Waals surface area contributed by atoms with Gasteiger partial charge in [-0.1, -0.05) is 27.2 Å². The van der Waals surface area contributed by atoms with Crippen LogP contribution in [0.4, 0.5) is 8.78 Å². The van der Waals surface area contributed by atoms with Gasteiger partial charge in [-0.25, -0.2) is 8.78 Å². The summed E-state index contributed by atoms with van der Waals surface area (Å²) in [6, 6.07) is 0. The van der Waals surface area contributed by atoms with Crippen molar-refractivity contribution < 1.29 is 37.7 Å². The van der Waals surface area contributed by atoms with Gasteiger partial charge in [-0.3, -0.25) is 9.59 Å². The van der Waals surface area contributed by atoms with Gasteiger partial charge in [-0.15, -0.1) is 0 Å². The summed E-state index contributed by atoms with van der Waals surface area (Å²) >= 11 is 1.71. The predicted octanol–water partition coefficient (Wildman–Crippen LogP) is 4.43. The molecule has 200 valence electrons. The molecule has 5 fully saturated rings. The number of cyclic esters (lactones) is 1. The average Bonchev–Trinajstić information content (AvgIpc) is 3.34. The molecule has 0 aromatic carbocycles. The van der Waals surface area contributed by atoms with Crippen LogP contribution in [0.1, 0.15) is 72.1 Å². The van der Waals surface area contributed by atoms with Gasteiger partial charge in [0.25, 0.3) is 0 Å². The van der Waals surface area contributed by atoms with Crippen molar-refractivity contribution in [1.82, 2.24) is 0 Å². The molecular weight excluding hydrogens is 490 g/mol. The zero-order valence-electron chi connectivity index (χ0n) is 21.1. The van der Waals surface area contributed by atoms with Gasteiger partial charge in [-0.05, 0) is 55.1 Å². The number of halogens is 2. The molecule has 0 aromatic rings. The summed E-state index contributed by atoms with van der Waals surface area (Å²) in [5, 5.41) is 11.8. The highest BCUT2D eigenvalue weighted by molar-refractivity contribution is 8.00. The number of ketones is 1. The highest BCUT2D eigenvalue weighted by Crippen LogP contribution is 2.71. The first-order chi connectivity index (χ1) is 17.0. The molecule has 0 unspecified atom stereocenters. The number of ether oxygens (including phenoxy) is 3. The van der Waals surface area contributed by atoms with Crippen LogP contribution >= 0.6 is 11.8 Å². The fourth-order valence-electron chi connectivity index (χ4n) is 8.62. The maximum absolute atomic E-state index is 17.6. The summed E-state index contributed by atoms with van der Waals surface area (Å²) in [7, 11) is 0. The number of carbonyl (C=O) groups is 2. The molecule has 0 bridgehead atoms. The number of carbonyl (C=O) groups excluding carboxylic acids is 2. The highest BCUT2D eigenvalue weighted by atomic mass is 32.2. The number of aliphatic hydroxyl groups excluding tert-OH is 1. The third-order valence-electron chi connectivity index (χ3n) is 10.3. The van der Waals surface area contributed by atoms with Crippen LogP contribution in [0.15, 0.2) is 11.6 Å². The maximum atomic E-state index is 17.6. The number of fused-ring (bicyclic) bond motifs is 5. The Morgan fingerprint density at radius 2 is 1.94 bits per heavy atom. The Morgan fingerprint density at radius 1 is 1.19 bits per heavy atom. The van der Waals surface area contributed by atoms with E-state index in [1.165, 1.54) is 6.08 Å². The number of aliphatic hydroxyl groups is 1. The van der Waals surface area contributed by atoms with Gasteiger partial charge in [-0.2, -0.15) is 11.8 Å². The van der Waals surface area contributed by atoms with E-state index >= 15 is 8.78 Å². The lowest BCUT2D eigenvalue weighted by atomic mass is 9.44. The molecule has 6 aliphatic rings. The minimum atomic E-state index is -2.10. The van der Waals surface area contributed by atoms with E-state index in [1.807, 2.05) is 6.92 Å². The Balaban J connectivity index is 1.32. The second-order valence-electron chi connectivity index (χ2n) is 12.3. The van der Waals surface area contributed by atoms with Crippen molar-refractivity contribution in [2.45, 2.75) is 113 Å². The highest BCUT2D eigenvalue weighted by Gasteiger charge is 2.75. The van der Waals surface area contributed by atoms with Gasteiger partial charge in [0, 0.05) is 28.3 Å². The summed E-state index contributed by atoms with van der Waals surface area (Å²) in [4.78, 5) is 24.6. The third kappa shape index (κ3) is 3.24. The Bertz CT molecular complexity index is 999. The quantitative estimate of drug-likeness (QED) is 0.543. The lowest BCUT2D eigenvalue weighted by Gasteiger charge is -2.65. The molecule has 6 rings (SSSR count). The van der Waals surface area contributed by atoms with Crippen molar-refractivity contribution in [3.63, 3.8) is 0 Å². The molecule has 2 saturated heterocycles. The largest absolute Gasteiger partial charge is 0.464 e. The first kappa shape index (κ1) is 25.3. The van der Waals surface area contributed by atoms with Crippen molar-refractivity contribution in [1.29, 1.82) is 0 Å². The van der Waals surface area contributed by atoms with Crippen LogP contribution in [0.2, 0.25) is 0 Å². The molecule has 9 atom stereocenters. The first-order valence-corrected chi connectivity index (χ1v) is 14.4. The number of rotatable bonds is 4. The van der Waals surface area contributed by atoms with Crippen molar-refractivity contribution in [2.24, 2.45) is 22.7 Å². The number of esters is 1. The van der Waals surface area contributed by atoms with Crippen LogP contribution in [0.3, 0.4) is 0 Å². The van der Waals surface area contributed by atoms with Crippen molar-refractivity contribution in [3.05, 3.63) is 11.6 Å². The minimum Gasteiger partial charge on any atom is -0.464 e. The van der Waals surface area contributed by atoms with Crippen LogP contribution in [0.25, 0.3) is 0 Å². The standard InChI is InChI=1S/C27H36F2O6S/c1-4-5-23-34-26(35-23)13-25(3)17(10-19(26)30)18(28)9-16-15-6-7-21(36-14-8-22(32)33-12-14)24(15,2)11-20(31)27(16,25)29/h10,14-16,18,20-21,23,31H,4-9,11-13H2,1-3H3/t14-,15+,16+,18+,20+,21-,23?,24+,25+,26?,27+/m1/s1. The molecule has 9 heteroatoms. The number of hydrogen-bond acceptors (Lipinski definition) is 7. The average molecular weight is 527 g/mol. The topological polar surface area (TPSA) is 82.1 Å². The van der Waals surface area contributed by atoms with Crippen LogP contribution in [-0.2, 0) is 23.8 Å². The van der Waals surface area contributed by atoms with Crippen LogP contribution in [0.5, 0.6) is 0 Å². The van der Waals surface area contributed by atoms with E-state index in [1.54, 1.807) is 18.7 Å². The monoisotopic (exact) mass is 526 g/mol. The van der Waals surface area contributed by atoms with Crippen LogP contribution < -0.4 is 0 Å². The fourth-order valence-corrected chi connectivity index (χ4v) is 10.3. The molecule has 0 aromatic heterocycles. The summed E-state index contributed by atoms with van der Waals surface area (Å²) in [6.45, 7) is 6.12. The number of hydrogen-bond donors (Lipinski definition) is 1. The molecule has 2 heterocycles. The number of alkyl halides is 2. The summed E-state index contributed by atoms with van der Waals surface area (Å²) in [5.41, 5.74) is -3.77. The Hall–Kier alpha value is -1.03. The van der Waals surface area contributed by atoms with E-state index in [0.29, 0.717) is 19.4 Å². The second kappa shape index (κ2) is 8.23. The molecule has 3 saturated carbocycles. The first-order valence-electron chi connectivity index (χ1n) is 13.4. The minimum absolute atomic E-state index is 0.0435. The Labute approximate surface area is 214 Å². The molecule has 1 N–H and O–H groups in total. The molecule has 1 spiro atoms. The molecule has 36 heavy (non-hydrogen) atoms. The van der Waals surface area contributed by atoms with Crippen molar-refractivity contribution in [2.75, 3.05) is 6.61 Å². The molecule has 6 nitrogen and oxygen atoms in total. The van der Waals surface area contributed by atoms with Gasteiger partial charge < -0.3 is 19.3 Å². The van der Waals surface area contributed by atoms with Gasteiger partial charge >= 0.3 is 5.97 Å². The molecule has 0 amide bonds. The van der Waals surface area contributed by atoms with E-state index in [9.17, 15) is 14.7 Å². The zero-order valence-corrected chi connectivity index (χ0v) is 22.0. The van der Waals surface area contributed by atoms with Gasteiger partial charge in [0.2, 0.25) is 11.6 Å². The van der Waals surface area contributed by atoms with E-state index < -0.39 is 47.1 Å². The molecule has 0 radical (unpaired) electrons. The lowest BCUT2D eigenvalue weighted by Crippen LogP contribution is -2.73. The summed E-state index contributed by atoms with van der Waals surface area (Å²) in [6.07, 6.45) is 1.38. The van der Waals surface area contributed by atoms with Crippen LogP contribution in [0, 0.1) is 22.7 Å². The number of allylic oxidation sites excluding steroid dienone is 1. The smallest absolute Gasteiger partial charge is 0.307 e. The predicted molar refractivity (Wildman–Crippen MR) is 128 cm³/mol. The Kier molecular flexibility index (Phi) is 5.78. The van der Waals surface area contributed by atoms with Crippen molar-refractivity contribution >= 4 is 23.5 Å². The molecule has 2 aliphatic heterocycles. The summed E-state index contributed by atoms with van der Waals surface area (Å²) in [5.74, 6) is -3.05. The molecular formula is C27H36F2O6S. The SMILES string of the molecule is CCCC1OC2(C[C@@]3(C)C(=CC2=O)[C@@H](F)C[C@H]2[C@@H]4CC[C@@H](S[C@H]5COC(=O)C5)[C@@]4(C)C[C@H](O)[C@@]23F)O1. The van der Waals surface area contributed by atoms with E-state index in [2.05, 4.69) is 6.92 Å². The van der Waals surface area contributed by atoms with Gasteiger partial charge in [0.15, 0.2) is 6.29 Å². The number of thioether (sulfide) groups is 1. The van der Waals surface area contributed by atoms with E-state index in [-0.39, 0.29) is 52.6 Å². The molecule has 4 aliphatic carbocycles. The second-order valence-corrected chi connectivity index (χ2v) is 13.8. The maximum Gasteiger partial charge on any atom is 0.307 e. The fraction of sp³-hybridized carbons (Fsp3) is 0.852. The lowest BCUT2D eigenvalue weighted by molar-refractivity contribution is -0.439.